The lowest BCUT2D eigenvalue weighted by Gasteiger charge is -2.27. The molecule has 1 saturated heterocycles. The molecule has 3 aromatic rings. The minimum absolute atomic E-state index is 0.682. The molecule has 0 unspecified atom stereocenters. The number of piperazine rings is 1. The van der Waals surface area contributed by atoms with Crippen molar-refractivity contribution in [1.82, 2.24) is 19.6 Å². The van der Waals surface area contributed by atoms with E-state index in [-0.39, 0.29) is 0 Å². The second kappa shape index (κ2) is 7.58. The highest BCUT2D eigenvalue weighted by Crippen LogP contribution is 2.26. The van der Waals surface area contributed by atoms with E-state index in [9.17, 15) is 0 Å². The minimum Gasteiger partial charge on any atom is -0.330 e. The predicted molar refractivity (Wildman–Crippen MR) is 106 cm³/mol. The predicted octanol–water partition coefficient (Wildman–Crippen LogP) is 2.22. The number of pyridine rings is 1. The van der Waals surface area contributed by atoms with Crippen molar-refractivity contribution in [2.75, 3.05) is 32.7 Å². The maximum absolute atomic E-state index is 5.68. The minimum atomic E-state index is 0.682. The summed E-state index contributed by atoms with van der Waals surface area (Å²) in [5.41, 5.74) is 12.8. The number of nitrogens with one attached hydrogen (secondary N) is 1. The van der Waals surface area contributed by atoms with E-state index < -0.39 is 0 Å². The Morgan fingerprint density at radius 2 is 1.85 bits per heavy atom. The van der Waals surface area contributed by atoms with Crippen molar-refractivity contribution in [1.29, 1.82) is 0 Å². The van der Waals surface area contributed by atoms with Gasteiger partial charge in [0.1, 0.15) is 5.65 Å². The Balaban J connectivity index is 1.75. The first kappa shape index (κ1) is 17.2. The molecule has 2 aromatic heterocycles. The van der Waals surface area contributed by atoms with Crippen molar-refractivity contribution in [3.63, 3.8) is 0 Å². The topological polar surface area (TPSA) is 58.6 Å². The molecule has 1 aliphatic rings. The van der Waals surface area contributed by atoms with Crippen LogP contribution in [-0.2, 0) is 13.0 Å². The molecule has 26 heavy (non-hydrogen) atoms. The van der Waals surface area contributed by atoms with Crippen LogP contribution in [0, 0.1) is 6.92 Å². The van der Waals surface area contributed by atoms with Gasteiger partial charge in [0.15, 0.2) is 0 Å². The lowest BCUT2D eigenvalue weighted by molar-refractivity contribution is 0.230. The summed E-state index contributed by atoms with van der Waals surface area (Å²) < 4.78 is 2.26. The number of hydrogen-bond acceptors (Lipinski definition) is 4. The number of nitrogens with zero attached hydrogens (tertiary/aromatic N) is 3. The SMILES string of the molecule is Cc1ccc2nc(-c3ccc(CCN)cc3)c(CN3CCNCC3)n2c1. The van der Waals surface area contributed by atoms with Crippen molar-refractivity contribution in [2.24, 2.45) is 5.73 Å². The van der Waals surface area contributed by atoms with E-state index in [1.165, 1.54) is 22.4 Å². The van der Waals surface area contributed by atoms with Crippen LogP contribution in [0.4, 0.5) is 0 Å². The fraction of sp³-hybridized carbons (Fsp3) is 0.381. The van der Waals surface area contributed by atoms with Gasteiger partial charge in [-0.25, -0.2) is 4.98 Å². The summed E-state index contributed by atoms with van der Waals surface area (Å²) in [6.45, 7) is 8.00. The third kappa shape index (κ3) is 3.51. The van der Waals surface area contributed by atoms with E-state index in [1.54, 1.807) is 0 Å². The van der Waals surface area contributed by atoms with Crippen LogP contribution in [-0.4, -0.2) is 47.0 Å². The molecule has 0 radical (unpaired) electrons. The van der Waals surface area contributed by atoms with Crippen molar-refractivity contribution >= 4 is 5.65 Å². The molecular formula is C21H27N5. The summed E-state index contributed by atoms with van der Waals surface area (Å²) in [6.07, 6.45) is 3.12. The van der Waals surface area contributed by atoms with Crippen LogP contribution in [0.2, 0.25) is 0 Å². The van der Waals surface area contributed by atoms with Crippen LogP contribution in [0.15, 0.2) is 42.6 Å². The Kier molecular flexibility index (Phi) is 5.02. The van der Waals surface area contributed by atoms with Gasteiger partial charge in [-0.3, -0.25) is 4.90 Å². The molecule has 3 heterocycles. The monoisotopic (exact) mass is 349 g/mol. The van der Waals surface area contributed by atoms with Crippen LogP contribution < -0.4 is 11.1 Å². The first-order valence-electron chi connectivity index (χ1n) is 9.44. The molecule has 0 spiro atoms. The number of nitrogens with two attached hydrogens (primary N) is 1. The van der Waals surface area contributed by atoms with Gasteiger partial charge in [0.25, 0.3) is 0 Å². The van der Waals surface area contributed by atoms with Crippen LogP contribution in [0.5, 0.6) is 0 Å². The van der Waals surface area contributed by atoms with Gasteiger partial charge in [0.2, 0.25) is 0 Å². The Bertz CT molecular complexity index is 875. The fourth-order valence-corrected chi connectivity index (χ4v) is 3.66. The molecule has 3 N–H and O–H groups in total. The number of rotatable bonds is 5. The van der Waals surface area contributed by atoms with Crippen LogP contribution >= 0.6 is 0 Å². The molecule has 4 rings (SSSR count). The molecule has 0 atom stereocenters. The van der Waals surface area contributed by atoms with E-state index in [0.29, 0.717) is 6.54 Å². The van der Waals surface area contributed by atoms with Gasteiger partial charge in [0.05, 0.1) is 11.4 Å². The first-order chi connectivity index (χ1) is 12.7. The zero-order chi connectivity index (χ0) is 17.9. The van der Waals surface area contributed by atoms with Crippen molar-refractivity contribution in [3.05, 3.63) is 59.4 Å². The normalized spacial score (nSPS) is 15.6. The molecule has 1 aliphatic heterocycles. The number of aromatic nitrogens is 2. The average Bonchev–Trinajstić information content (AvgIpc) is 3.01. The zero-order valence-corrected chi connectivity index (χ0v) is 15.4. The Morgan fingerprint density at radius 1 is 1.08 bits per heavy atom. The van der Waals surface area contributed by atoms with Crippen molar-refractivity contribution in [2.45, 2.75) is 19.9 Å². The summed E-state index contributed by atoms with van der Waals surface area (Å²) in [4.78, 5) is 7.47. The molecule has 0 amide bonds. The van der Waals surface area contributed by atoms with E-state index in [2.05, 4.69) is 64.1 Å². The van der Waals surface area contributed by atoms with E-state index >= 15 is 0 Å². The van der Waals surface area contributed by atoms with Gasteiger partial charge >= 0.3 is 0 Å². The number of aryl methyl sites for hydroxylation is 1. The van der Waals surface area contributed by atoms with Crippen LogP contribution in [0.1, 0.15) is 16.8 Å². The molecule has 5 nitrogen and oxygen atoms in total. The van der Waals surface area contributed by atoms with Gasteiger partial charge < -0.3 is 15.5 Å². The Labute approximate surface area is 154 Å². The maximum atomic E-state index is 5.68. The highest BCUT2D eigenvalue weighted by molar-refractivity contribution is 5.67. The summed E-state index contributed by atoms with van der Waals surface area (Å²) in [6, 6.07) is 13.0. The first-order valence-corrected chi connectivity index (χ1v) is 9.44. The molecule has 0 bridgehead atoms. The highest BCUT2D eigenvalue weighted by atomic mass is 15.2. The lowest BCUT2D eigenvalue weighted by Crippen LogP contribution is -2.43. The van der Waals surface area contributed by atoms with E-state index in [4.69, 9.17) is 10.7 Å². The Hall–Kier alpha value is -2.21. The number of hydrogen-bond donors (Lipinski definition) is 2. The standard InChI is InChI=1S/C21H27N5/c1-16-2-7-20-24-21(18-5-3-17(4-6-18)8-9-22)19(26(20)14-16)15-25-12-10-23-11-13-25/h2-7,14,23H,8-13,15,22H2,1H3. The second-order valence-electron chi connectivity index (χ2n) is 7.10. The number of imidazole rings is 1. The van der Waals surface area contributed by atoms with Gasteiger partial charge in [-0.05, 0) is 37.1 Å². The smallest absolute Gasteiger partial charge is 0.137 e. The second-order valence-corrected chi connectivity index (χ2v) is 7.10. The average molecular weight is 349 g/mol. The molecule has 5 heteroatoms. The van der Waals surface area contributed by atoms with Crippen LogP contribution in [0.25, 0.3) is 16.9 Å². The quantitative estimate of drug-likeness (QED) is 0.741. The lowest BCUT2D eigenvalue weighted by atomic mass is 10.1. The summed E-state index contributed by atoms with van der Waals surface area (Å²) in [5, 5.41) is 3.43. The van der Waals surface area contributed by atoms with Gasteiger partial charge in [-0.2, -0.15) is 0 Å². The summed E-state index contributed by atoms with van der Waals surface area (Å²) in [5.74, 6) is 0. The highest BCUT2D eigenvalue weighted by Gasteiger charge is 2.18. The molecule has 0 saturated carbocycles. The van der Waals surface area contributed by atoms with Crippen molar-refractivity contribution in [3.8, 4) is 11.3 Å². The fourth-order valence-electron chi connectivity index (χ4n) is 3.66. The van der Waals surface area contributed by atoms with E-state index in [1.807, 2.05) is 0 Å². The molecule has 0 aliphatic carbocycles. The van der Waals surface area contributed by atoms with Gasteiger partial charge in [-0.15, -0.1) is 0 Å². The Morgan fingerprint density at radius 3 is 2.58 bits per heavy atom. The van der Waals surface area contributed by atoms with Crippen molar-refractivity contribution < 1.29 is 0 Å². The zero-order valence-electron chi connectivity index (χ0n) is 15.4. The maximum Gasteiger partial charge on any atom is 0.137 e. The molecule has 136 valence electrons. The summed E-state index contributed by atoms with van der Waals surface area (Å²) in [7, 11) is 0. The van der Waals surface area contributed by atoms with Crippen LogP contribution in [0.3, 0.4) is 0 Å². The summed E-state index contributed by atoms with van der Waals surface area (Å²) >= 11 is 0. The number of fused-ring (bicyclic) bond motifs is 1. The third-order valence-corrected chi connectivity index (χ3v) is 5.11. The van der Waals surface area contributed by atoms with E-state index in [0.717, 1.165) is 50.5 Å². The third-order valence-electron chi connectivity index (χ3n) is 5.11. The molecule has 1 aromatic carbocycles. The molecule has 1 fully saturated rings. The largest absolute Gasteiger partial charge is 0.330 e. The molecular weight excluding hydrogens is 322 g/mol. The van der Waals surface area contributed by atoms with Gasteiger partial charge in [-0.1, -0.05) is 30.3 Å². The van der Waals surface area contributed by atoms with Gasteiger partial charge in [0, 0.05) is 44.5 Å². The number of benzene rings is 1.